The summed E-state index contributed by atoms with van der Waals surface area (Å²) in [6, 6.07) is 3.48. The van der Waals surface area contributed by atoms with E-state index in [1.54, 1.807) is 11.3 Å². The normalized spacial score (nSPS) is 25.7. The van der Waals surface area contributed by atoms with Gasteiger partial charge in [0.1, 0.15) is 0 Å². The van der Waals surface area contributed by atoms with Crippen LogP contribution in [0.5, 0.6) is 0 Å². The highest BCUT2D eigenvalue weighted by molar-refractivity contribution is 7.99. The number of hydrogen-bond acceptors (Lipinski definition) is 3. The predicted molar refractivity (Wildman–Crippen MR) is 80.1 cm³/mol. The Balaban J connectivity index is 1.87. The minimum Gasteiger partial charge on any atom is -0.310 e. The quantitative estimate of drug-likeness (QED) is 0.892. The van der Waals surface area contributed by atoms with E-state index in [9.17, 15) is 0 Å². The molecule has 17 heavy (non-hydrogen) atoms. The number of thioether (sulfide) groups is 1. The Morgan fingerprint density at radius 2 is 2.35 bits per heavy atom. The van der Waals surface area contributed by atoms with Crippen molar-refractivity contribution in [3.63, 3.8) is 0 Å². The average Bonchev–Trinajstić information content (AvgIpc) is 2.73. The van der Waals surface area contributed by atoms with Crippen LogP contribution in [0.1, 0.15) is 32.8 Å². The van der Waals surface area contributed by atoms with Gasteiger partial charge in [-0.1, -0.05) is 13.8 Å². The fourth-order valence-electron chi connectivity index (χ4n) is 2.37. The molecule has 2 unspecified atom stereocenters. The summed E-state index contributed by atoms with van der Waals surface area (Å²) in [5, 5.41) is 8.26. The van der Waals surface area contributed by atoms with Gasteiger partial charge in [-0.2, -0.15) is 23.1 Å². The second kappa shape index (κ2) is 5.77. The molecule has 1 N–H and O–H groups in total. The van der Waals surface area contributed by atoms with E-state index in [4.69, 9.17) is 0 Å². The zero-order valence-corrected chi connectivity index (χ0v) is 12.7. The van der Waals surface area contributed by atoms with Gasteiger partial charge >= 0.3 is 0 Å². The lowest BCUT2D eigenvalue weighted by atomic mass is 9.82. The van der Waals surface area contributed by atoms with Crippen molar-refractivity contribution >= 4 is 23.1 Å². The van der Waals surface area contributed by atoms with Gasteiger partial charge in [0.25, 0.3) is 0 Å². The van der Waals surface area contributed by atoms with Crippen LogP contribution in [0.3, 0.4) is 0 Å². The van der Waals surface area contributed by atoms with E-state index in [1.165, 1.54) is 23.5 Å². The molecule has 96 valence electrons. The summed E-state index contributed by atoms with van der Waals surface area (Å²) < 4.78 is 0. The van der Waals surface area contributed by atoms with Crippen LogP contribution in [0.25, 0.3) is 0 Å². The summed E-state index contributed by atoms with van der Waals surface area (Å²) in [4.78, 5) is 0. The standard InChI is InChI=1S/C14H23NS2/c1-11(8-12-4-6-16-9-12)15-13-10-17-7-5-14(13,2)3/h4,6,9,11,13,15H,5,7-8,10H2,1-3H3. The Bertz CT molecular complexity index is 332. The number of nitrogens with one attached hydrogen (secondary N) is 1. The highest BCUT2D eigenvalue weighted by Crippen LogP contribution is 2.34. The van der Waals surface area contributed by atoms with Crippen LogP contribution < -0.4 is 5.32 Å². The van der Waals surface area contributed by atoms with Crippen LogP contribution >= 0.6 is 23.1 Å². The van der Waals surface area contributed by atoms with Crippen LogP contribution in [-0.4, -0.2) is 23.6 Å². The Morgan fingerprint density at radius 1 is 1.53 bits per heavy atom. The number of rotatable bonds is 4. The Labute approximate surface area is 113 Å². The van der Waals surface area contributed by atoms with Crippen molar-refractivity contribution in [3.05, 3.63) is 22.4 Å². The molecule has 2 atom stereocenters. The molecule has 0 bridgehead atoms. The first-order chi connectivity index (χ1) is 8.08. The van der Waals surface area contributed by atoms with Gasteiger partial charge in [0.05, 0.1) is 0 Å². The van der Waals surface area contributed by atoms with E-state index in [0.717, 1.165) is 6.42 Å². The molecule has 0 aliphatic carbocycles. The van der Waals surface area contributed by atoms with Crippen LogP contribution in [-0.2, 0) is 6.42 Å². The smallest absolute Gasteiger partial charge is 0.0212 e. The zero-order chi connectivity index (χ0) is 12.3. The Hall–Kier alpha value is 0.01000. The second-order valence-corrected chi connectivity index (χ2v) is 7.70. The monoisotopic (exact) mass is 269 g/mol. The molecular weight excluding hydrogens is 246 g/mol. The molecule has 0 amide bonds. The minimum atomic E-state index is 0.453. The maximum absolute atomic E-state index is 3.83. The van der Waals surface area contributed by atoms with E-state index in [2.05, 4.69) is 54.7 Å². The molecule has 1 aromatic rings. The third-order valence-corrected chi connectivity index (χ3v) is 5.52. The van der Waals surface area contributed by atoms with Crippen molar-refractivity contribution in [2.24, 2.45) is 5.41 Å². The van der Waals surface area contributed by atoms with E-state index in [1.807, 2.05) is 0 Å². The van der Waals surface area contributed by atoms with E-state index < -0.39 is 0 Å². The van der Waals surface area contributed by atoms with E-state index >= 15 is 0 Å². The SMILES string of the molecule is CC(Cc1ccsc1)NC1CSCCC1(C)C. The van der Waals surface area contributed by atoms with Crippen molar-refractivity contribution in [2.45, 2.75) is 45.7 Å². The first-order valence-electron chi connectivity index (χ1n) is 6.43. The molecule has 0 spiro atoms. The predicted octanol–water partition coefficient (Wildman–Crippen LogP) is 3.80. The molecule has 3 heteroatoms. The molecule has 1 nitrogen and oxygen atoms in total. The molecule has 1 aliphatic heterocycles. The lowest BCUT2D eigenvalue weighted by molar-refractivity contribution is 0.231. The van der Waals surface area contributed by atoms with Crippen LogP contribution in [0.2, 0.25) is 0 Å². The third kappa shape index (κ3) is 3.73. The molecule has 2 rings (SSSR count). The maximum Gasteiger partial charge on any atom is 0.0212 e. The number of thiophene rings is 1. The molecule has 1 aliphatic rings. The van der Waals surface area contributed by atoms with Crippen molar-refractivity contribution in [1.82, 2.24) is 5.32 Å². The van der Waals surface area contributed by atoms with Gasteiger partial charge in [-0.15, -0.1) is 0 Å². The van der Waals surface area contributed by atoms with Gasteiger partial charge in [-0.3, -0.25) is 0 Å². The van der Waals surface area contributed by atoms with Crippen molar-refractivity contribution < 1.29 is 0 Å². The fraction of sp³-hybridized carbons (Fsp3) is 0.714. The summed E-state index contributed by atoms with van der Waals surface area (Å²) in [5.41, 5.74) is 1.92. The summed E-state index contributed by atoms with van der Waals surface area (Å²) in [7, 11) is 0. The molecular formula is C14H23NS2. The number of hydrogen-bond donors (Lipinski definition) is 1. The summed E-state index contributed by atoms with van der Waals surface area (Å²) in [5.74, 6) is 2.59. The molecule has 0 saturated carbocycles. The molecule has 1 aromatic heterocycles. The Kier molecular flexibility index (Phi) is 4.56. The molecule has 1 fully saturated rings. The van der Waals surface area contributed by atoms with Crippen molar-refractivity contribution in [2.75, 3.05) is 11.5 Å². The molecule has 1 saturated heterocycles. The summed E-state index contributed by atoms with van der Waals surface area (Å²) in [6.45, 7) is 7.12. The largest absolute Gasteiger partial charge is 0.310 e. The van der Waals surface area contributed by atoms with Crippen LogP contribution in [0.15, 0.2) is 16.8 Å². The fourth-order valence-corrected chi connectivity index (χ4v) is 4.68. The van der Waals surface area contributed by atoms with E-state index in [-0.39, 0.29) is 0 Å². The lowest BCUT2D eigenvalue weighted by Gasteiger charge is -2.40. The van der Waals surface area contributed by atoms with Crippen molar-refractivity contribution in [3.8, 4) is 0 Å². The van der Waals surface area contributed by atoms with Crippen LogP contribution in [0, 0.1) is 5.41 Å². The zero-order valence-electron chi connectivity index (χ0n) is 11.0. The summed E-state index contributed by atoms with van der Waals surface area (Å²) >= 11 is 3.89. The van der Waals surface area contributed by atoms with Gasteiger partial charge in [0, 0.05) is 17.8 Å². The van der Waals surface area contributed by atoms with Gasteiger partial charge in [0.2, 0.25) is 0 Å². The highest BCUT2D eigenvalue weighted by Gasteiger charge is 2.32. The second-order valence-electron chi connectivity index (χ2n) is 5.77. The van der Waals surface area contributed by atoms with Gasteiger partial charge in [0.15, 0.2) is 0 Å². The third-order valence-electron chi connectivity index (χ3n) is 3.73. The summed E-state index contributed by atoms with van der Waals surface area (Å²) in [6.07, 6.45) is 2.49. The molecule has 2 heterocycles. The average molecular weight is 269 g/mol. The first kappa shape index (κ1) is 13.4. The Morgan fingerprint density at radius 3 is 3.00 bits per heavy atom. The van der Waals surface area contributed by atoms with Crippen LogP contribution in [0.4, 0.5) is 0 Å². The van der Waals surface area contributed by atoms with Gasteiger partial charge < -0.3 is 5.32 Å². The minimum absolute atomic E-state index is 0.453. The molecule has 0 aromatic carbocycles. The van der Waals surface area contributed by atoms with Crippen molar-refractivity contribution in [1.29, 1.82) is 0 Å². The first-order valence-corrected chi connectivity index (χ1v) is 8.52. The maximum atomic E-state index is 3.83. The van der Waals surface area contributed by atoms with E-state index in [0.29, 0.717) is 17.5 Å². The topological polar surface area (TPSA) is 12.0 Å². The highest BCUT2D eigenvalue weighted by atomic mass is 32.2. The van der Waals surface area contributed by atoms with Gasteiger partial charge in [-0.05, 0) is 53.3 Å². The van der Waals surface area contributed by atoms with Gasteiger partial charge in [-0.25, -0.2) is 0 Å². The lowest BCUT2D eigenvalue weighted by Crippen LogP contribution is -2.50. The molecule has 0 radical (unpaired) electrons.